The number of ether oxygens (including phenoxy) is 1. The molecular weight excluding hydrogens is 272 g/mol. The molecule has 2 aliphatic rings. The maximum absolute atomic E-state index is 5.24. The summed E-state index contributed by atoms with van der Waals surface area (Å²) in [6.45, 7) is 6.58. The number of fused-ring (bicyclic) bond motifs is 1. The average Bonchev–Trinajstić information content (AvgIpc) is 3.00. The fourth-order valence-corrected chi connectivity index (χ4v) is 2.86. The standard InChI is InChI=1S/C19H22N2O/c1-13(2)12-19-18-7-5-6-17(18)14(3)21(20-19)15-8-10-16(22-4)11-9-15/h5-11,13H,12H2,1-4H3. The van der Waals surface area contributed by atoms with Crippen molar-refractivity contribution in [3.05, 3.63) is 53.9 Å². The van der Waals surface area contributed by atoms with Crippen LogP contribution >= 0.6 is 0 Å². The maximum atomic E-state index is 5.24. The summed E-state index contributed by atoms with van der Waals surface area (Å²) in [4.78, 5) is 0. The van der Waals surface area contributed by atoms with Crippen LogP contribution in [0.25, 0.3) is 16.8 Å². The van der Waals surface area contributed by atoms with Crippen molar-refractivity contribution in [1.82, 2.24) is 9.78 Å². The van der Waals surface area contributed by atoms with E-state index in [1.54, 1.807) is 7.11 Å². The minimum atomic E-state index is 0.581. The lowest BCUT2D eigenvalue weighted by atomic mass is 10.0. The Labute approximate surface area is 131 Å². The van der Waals surface area contributed by atoms with Crippen molar-refractivity contribution in [3.63, 3.8) is 0 Å². The van der Waals surface area contributed by atoms with Crippen LogP contribution in [0.4, 0.5) is 0 Å². The van der Waals surface area contributed by atoms with Crippen molar-refractivity contribution in [2.75, 3.05) is 7.11 Å². The highest BCUT2D eigenvalue weighted by Gasteiger charge is 2.17. The first-order chi connectivity index (χ1) is 10.6. The molecule has 0 spiro atoms. The van der Waals surface area contributed by atoms with E-state index in [0.29, 0.717) is 5.92 Å². The van der Waals surface area contributed by atoms with E-state index in [1.807, 2.05) is 28.9 Å². The second-order valence-corrected chi connectivity index (χ2v) is 6.09. The zero-order valence-electron chi connectivity index (χ0n) is 13.6. The fourth-order valence-electron chi connectivity index (χ4n) is 2.86. The van der Waals surface area contributed by atoms with Gasteiger partial charge >= 0.3 is 0 Å². The van der Waals surface area contributed by atoms with E-state index in [-0.39, 0.29) is 0 Å². The number of hydrogen-bond donors (Lipinski definition) is 0. The molecule has 0 saturated heterocycles. The number of methoxy groups -OCH3 is 1. The van der Waals surface area contributed by atoms with Crippen molar-refractivity contribution in [3.8, 4) is 22.6 Å². The first kappa shape index (κ1) is 14.6. The molecule has 1 aliphatic heterocycles. The van der Waals surface area contributed by atoms with E-state index in [1.165, 1.54) is 11.1 Å². The van der Waals surface area contributed by atoms with Gasteiger partial charge < -0.3 is 4.74 Å². The molecule has 1 aromatic rings. The monoisotopic (exact) mass is 294 g/mol. The van der Waals surface area contributed by atoms with Crippen LogP contribution in [-0.2, 0) is 6.42 Å². The number of benzene rings is 1. The van der Waals surface area contributed by atoms with E-state index in [2.05, 4.69) is 39.0 Å². The van der Waals surface area contributed by atoms with Gasteiger partial charge in [-0.05, 0) is 43.5 Å². The van der Waals surface area contributed by atoms with Gasteiger partial charge in [0.2, 0.25) is 0 Å². The first-order valence-electron chi connectivity index (χ1n) is 7.72. The second-order valence-electron chi connectivity index (χ2n) is 6.09. The SMILES string of the molecule is COc1ccc(-n2nc(CC(C)C)c3cccc-3c2C)cc1. The van der Waals surface area contributed by atoms with Crippen LogP contribution in [0.1, 0.15) is 25.2 Å². The van der Waals surface area contributed by atoms with Crippen molar-refractivity contribution in [2.24, 2.45) is 5.92 Å². The van der Waals surface area contributed by atoms with Gasteiger partial charge in [-0.15, -0.1) is 0 Å². The lowest BCUT2D eigenvalue weighted by Gasteiger charge is -2.18. The molecule has 1 aromatic carbocycles. The molecule has 0 unspecified atom stereocenters. The predicted octanol–water partition coefficient (Wildman–Crippen LogP) is 4.49. The van der Waals surface area contributed by atoms with Crippen molar-refractivity contribution in [1.29, 1.82) is 0 Å². The van der Waals surface area contributed by atoms with Gasteiger partial charge in [-0.1, -0.05) is 32.0 Å². The Hall–Kier alpha value is -2.29. The Kier molecular flexibility index (Phi) is 3.88. The molecular formula is C19H22N2O. The Morgan fingerprint density at radius 3 is 2.36 bits per heavy atom. The largest absolute Gasteiger partial charge is 0.497 e. The lowest BCUT2D eigenvalue weighted by Crippen LogP contribution is -2.12. The molecule has 0 radical (unpaired) electrons. The molecule has 3 heteroatoms. The van der Waals surface area contributed by atoms with E-state index >= 15 is 0 Å². The highest BCUT2D eigenvalue weighted by molar-refractivity contribution is 5.71. The van der Waals surface area contributed by atoms with Crippen molar-refractivity contribution in [2.45, 2.75) is 27.2 Å². The van der Waals surface area contributed by atoms with Gasteiger partial charge in [0.15, 0.2) is 0 Å². The molecule has 1 aliphatic carbocycles. The summed E-state index contributed by atoms with van der Waals surface area (Å²) in [5, 5.41) is 4.91. The van der Waals surface area contributed by atoms with Gasteiger partial charge in [-0.2, -0.15) is 5.10 Å². The molecule has 0 bridgehead atoms. The molecule has 3 nitrogen and oxygen atoms in total. The molecule has 0 amide bonds. The summed E-state index contributed by atoms with van der Waals surface area (Å²) in [5.74, 6) is 1.44. The quantitative estimate of drug-likeness (QED) is 0.708. The third-order valence-corrected chi connectivity index (χ3v) is 3.97. The van der Waals surface area contributed by atoms with Gasteiger partial charge in [0, 0.05) is 16.8 Å². The number of rotatable bonds is 4. The fraction of sp³-hybridized carbons (Fsp3) is 0.316. The molecule has 0 N–H and O–H groups in total. The van der Waals surface area contributed by atoms with Crippen molar-refractivity contribution < 1.29 is 4.74 Å². The molecule has 0 fully saturated rings. The Bertz CT molecular complexity index is 741. The summed E-state index contributed by atoms with van der Waals surface area (Å²) in [7, 11) is 1.68. The highest BCUT2D eigenvalue weighted by atomic mass is 16.5. The molecule has 114 valence electrons. The summed E-state index contributed by atoms with van der Waals surface area (Å²) < 4.78 is 7.28. The Morgan fingerprint density at radius 1 is 1.05 bits per heavy atom. The molecule has 1 heterocycles. The number of nitrogens with zero attached hydrogens (tertiary/aromatic N) is 2. The highest BCUT2D eigenvalue weighted by Crippen LogP contribution is 2.31. The Balaban J connectivity index is 2.15. The predicted molar refractivity (Wildman–Crippen MR) is 90.0 cm³/mol. The van der Waals surface area contributed by atoms with Gasteiger partial charge in [-0.25, -0.2) is 4.68 Å². The number of hydrogen-bond acceptors (Lipinski definition) is 2. The van der Waals surface area contributed by atoms with Crippen LogP contribution in [0.3, 0.4) is 0 Å². The van der Waals surface area contributed by atoms with Gasteiger partial charge in [0.1, 0.15) is 5.75 Å². The molecule has 0 atom stereocenters. The summed E-state index contributed by atoms with van der Waals surface area (Å²) in [5.41, 5.74) is 5.94. The first-order valence-corrected chi connectivity index (χ1v) is 7.72. The van der Waals surface area contributed by atoms with Gasteiger partial charge in [-0.3, -0.25) is 0 Å². The van der Waals surface area contributed by atoms with Crippen LogP contribution < -0.4 is 4.74 Å². The minimum absolute atomic E-state index is 0.581. The summed E-state index contributed by atoms with van der Waals surface area (Å²) in [6, 6.07) is 14.5. The summed E-state index contributed by atoms with van der Waals surface area (Å²) in [6.07, 6.45) is 0.983. The van der Waals surface area contributed by atoms with Crippen LogP contribution in [0.5, 0.6) is 5.75 Å². The third kappa shape index (κ3) is 2.59. The van der Waals surface area contributed by atoms with Crippen LogP contribution in [-0.4, -0.2) is 16.9 Å². The average molecular weight is 294 g/mol. The zero-order valence-corrected chi connectivity index (χ0v) is 13.6. The minimum Gasteiger partial charge on any atom is -0.497 e. The van der Waals surface area contributed by atoms with E-state index in [4.69, 9.17) is 9.84 Å². The van der Waals surface area contributed by atoms with Crippen LogP contribution in [0.15, 0.2) is 42.5 Å². The van der Waals surface area contributed by atoms with E-state index in [9.17, 15) is 0 Å². The number of aromatic nitrogens is 2. The molecule has 0 saturated carbocycles. The normalized spacial score (nSPS) is 11.3. The second kappa shape index (κ2) is 5.84. The van der Waals surface area contributed by atoms with E-state index < -0.39 is 0 Å². The van der Waals surface area contributed by atoms with Crippen LogP contribution in [0, 0.1) is 12.8 Å². The molecule has 0 aromatic heterocycles. The maximum Gasteiger partial charge on any atom is 0.119 e. The smallest absolute Gasteiger partial charge is 0.119 e. The lowest BCUT2D eigenvalue weighted by molar-refractivity contribution is 0.414. The van der Waals surface area contributed by atoms with E-state index in [0.717, 1.165) is 29.2 Å². The van der Waals surface area contributed by atoms with Crippen molar-refractivity contribution >= 4 is 0 Å². The summed E-state index contributed by atoms with van der Waals surface area (Å²) >= 11 is 0. The molecule has 3 rings (SSSR count). The van der Waals surface area contributed by atoms with Crippen LogP contribution in [0.2, 0.25) is 0 Å². The third-order valence-electron chi connectivity index (χ3n) is 3.97. The van der Waals surface area contributed by atoms with Gasteiger partial charge in [0.25, 0.3) is 0 Å². The zero-order chi connectivity index (χ0) is 15.7. The Morgan fingerprint density at radius 2 is 1.73 bits per heavy atom. The van der Waals surface area contributed by atoms with Gasteiger partial charge in [0.05, 0.1) is 18.5 Å². The topological polar surface area (TPSA) is 27.1 Å². The molecule has 22 heavy (non-hydrogen) atoms.